The van der Waals surface area contributed by atoms with Crippen LogP contribution in [0.25, 0.3) is 11.0 Å². The van der Waals surface area contributed by atoms with Crippen LogP contribution in [0, 0.1) is 11.3 Å². The molecule has 0 radical (unpaired) electrons. The van der Waals surface area contributed by atoms with Crippen molar-refractivity contribution in [3.05, 3.63) is 35.4 Å². The molecule has 1 unspecified atom stereocenters. The number of aromatic nitrogens is 2. The molecule has 1 N–H and O–H groups in total. The number of anilines is 1. The van der Waals surface area contributed by atoms with Gasteiger partial charge in [-0.1, -0.05) is 19.1 Å². The third-order valence-corrected chi connectivity index (χ3v) is 5.57. The molecule has 1 fully saturated rings. The van der Waals surface area contributed by atoms with Crippen molar-refractivity contribution in [2.75, 3.05) is 16.9 Å². The molecule has 0 spiro atoms. The van der Waals surface area contributed by atoms with Gasteiger partial charge in [0.2, 0.25) is 11.9 Å². The summed E-state index contributed by atoms with van der Waals surface area (Å²) in [6, 6.07) is 6.89. The van der Waals surface area contributed by atoms with Gasteiger partial charge >= 0.3 is 0 Å². The molecule has 2 aromatic rings. The lowest BCUT2D eigenvalue weighted by atomic mass is 10.2. The van der Waals surface area contributed by atoms with Crippen LogP contribution in [-0.4, -0.2) is 43.9 Å². The molecular formula is C19H21N5O2S. The Balaban J connectivity index is 1.84. The molecule has 27 heavy (non-hydrogen) atoms. The number of hydrogen-bond acceptors (Lipinski definition) is 5. The van der Waals surface area contributed by atoms with Crippen molar-refractivity contribution >= 4 is 40.6 Å². The normalized spacial score (nSPS) is 17.2. The van der Waals surface area contributed by atoms with E-state index in [-0.39, 0.29) is 11.8 Å². The second-order valence-corrected chi connectivity index (χ2v) is 7.35. The third-order valence-electron chi connectivity index (χ3n) is 4.56. The molecule has 1 aliphatic rings. The SMILES string of the molecule is CCC=C(C)C(=O)N1CSCC1C(=O)Nc1nc2c(C#N)cccc2n1C. The molecule has 3 rings (SSSR count). The number of fused-ring (bicyclic) bond motifs is 1. The molecule has 1 aliphatic heterocycles. The molecule has 0 bridgehead atoms. The number of thioether (sulfide) groups is 1. The molecule has 0 aliphatic carbocycles. The van der Waals surface area contributed by atoms with Gasteiger partial charge in [-0.3, -0.25) is 14.9 Å². The van der Waals surface area contributed by atoms with E-state index in [1.807, 2.05) is 19.1 Å². The topological polar surface area (TPSA) is 91.0 Å². The van der Waals surface area contributed by atoms with Crippen molar-refractivity contribution < 1.29 is 9.59 Å². The Labute approximate surface area is 162 Å². The van der Waals surface area contributed by atoms with Crippen LogP contribution in [0.5, 0.6) is 0 Å². The molecule has 1 saturated heterocycles. The first-order valence-corrected chi connectivity index (χ1v) is 9.85. The number of nitrogens with one attached hydrogen (secondary N) is 1. The van der Waals surface area contributed by atoms with Gasteiger partial charge in [-0.2, -0.15) is 5.26 Å². The fourth-order valence-electron chi connectivity index (χ4n) is 3.09. The van der Waals surface area contributed by atoms with Crippen LogP contribution < -0.4 is 5.32 Å². The second kappa shape index (κ2) is 7.84. The van der Waals surface area contributed by atoms with E-state index in [1.54, 1.807) is 47.3 Å². The summed E-state index contributed by atoms with van der Waals surface area (Å²) in [7, 11) is 1.78. The largest absolute Gasteiger partial charge is 0.317 e. The number of carbonyl (C=O) groups excluding carboxylic acids is 2. The predicted octanol–water partition coefficient (Wildman–Crippen LogP) is 2.64. The molecule has 2 amide bonds. The van der Waals surface area contributed by atoms with Crippen LogP contribution in [0.3, 0.4) is 0 Å². The fraction of sp³-hybridized carbons (Fsp3) is 0.368. The van der Waals surface area contributed by atoms with E-state index in [4.69, 9.17) is 0 Å². The van der Waals surface area contributed by atoms with E-state index in [2.05, 4.69) is 16.4 Å². The number of nitrogens with zero attached hydrogens (tertiary/aromatic N) is 4. The van der Waals surface area contributed by atoms with Crippen LogP contribution in [-0.2, 0) is 16.6 Å². The van der Waals surface area contributed by atoms with Gasteiger partial charge in [0.25, 0.3) is 5.91 Å². The highest BCUT2D eigenvalue weighted by Crippen LogP contribution is 2.25. The van der Waals surface area contributed by atoms with Crippen molar-refractivity contribution in [3.63, 3.8) is 0 Å². The van der Waals surface area contributed by atoms with Crippen LogP contribution in [0.2, 0.25) is 0 Å². The van der Waals surface area contributed by atoms with Gasteiger partial charge in [-0.05, 0) is 25.5 Å². The zero-order chi connectivity index (χ0) is 19.6. The maximum absolute atomic E-state index is 12.8. The van der Waals surface area contributed by atoms with E-state index in [1.165, 1.54) is 0 Å². The van der Waals surface area contributed by atoms with Crippen molar-refractivity contribution in [2.24, 2.45) is 7.05 Å². The Morgan fingerprint density at radius 1 is 1.48 bits per heavy atom. The Bertz CT molecular complexity index is 972. The highest BCUT2D eigenvalue weighted by atomic mass is 32.2. The summed E-state index contributed by atoms with van der Waals surface area (Å²) in [5.74, 6) is 1.02. The zero-order valence-electron chi connectivity index (χ0n) is 15.5. The quantitative estimate of drug-likeness (QED) is 0.820. The van der Waals surface area contributed by atoms with Gasteiger partial charge in [0, 0.05) is 18.4 Å². The summed E-state index contributed by atoms with van der Waals surface area (Å²) >= 11 is 1.56. The Kier molecular flexibility index (Phi) is 5.51. The molecule has 0 saturated carbocycles. The highest BCUT2D eigenvalue weighted by Gasteiger charge is 2.35. The minimum atomic E-state index is -0.544. The van der Waals surface area contributed by atoms with E-state index in [9.17, 15) is 14.9 Å². The summed E-state index contributed by atoms with van der Waals surface area (Å²) in [5.41, 5.74) is 2.42. The molecule has 8 heteroatoms. The molecular weight excluding hydrogens is 362 g/mol. The second-order valence-electron chi connectivity index (χ2n) is 6.35. The summed E-state index contributed by atoms with van der Waals surface area (Å²) in [5, 5.41) is 12.1. The first-order valence-electron chi connectivity index (χ1n) is 8.69. The van der Waals surface area contributed by atoms with E-state index in [0.29, 0.717) is 34.2 Å². The first-order chi connectivity index (χ1) is 13.0. The van der Waals surface area contributed by atoms with Crippen molar-refractivity contribution in [1.29, 1.82) is 5.26 Å². The number of carbonyl (C=O) groups is 2. The van der Waals surface area contributed by atoms with Gasteiger partial charge < -0.3 is 9.47 Å². The van der Waals surface area contributed by atoms with Gasteiger partial charge in [0.05, 0.1) is 17.0 Å². The summed E-state index contributed by atoms with van der Waals surface area (Å²) in [6.45, 7) is 3.75. The molecule has 140 valence electrons. The summed E-state index contributed by atoms with van der Waals surface area (Å²) < 4.78 is 1.74. The number of para-hydroxylation sites is 1. The van der Waals surface area contributed by atoms with Crippen LogP contribution in [0.15, 0.2) is 29.8 Å². The van der Waals surface area contributed by atoms with E-state index >= 15 is 0 Å². The minimum Gasteiger partial charge on any atom is -0.317 e. The number of nitriles is 1. The van der Waals surface area contributed by atoms with Gasteiger partial charge in [-0.15, -0.1) is 11.8 Å². The minimum absolute atomic E-state index is 0.112. The van der Waals surface area contributed by atoms with Crippen molar-refractivity contribution in [3.8, 4) is 6.07 Å². The van der Waals surface area contributed by atoms with Gasteiger partial charge in [-0.25, -0.2) is 4.98 Å². The molecule has 1 aromatic carbocycles. The lowest BCUT2D eigenvalue weighted by Crippen LogP contribution is -2.45. The number of benzene rings is 1. The summed E-state index contributed by atoms with van der Waals surface area (Å²) in [4.78, 5) is 31.5. The lowest BCUT2D eigenvalue weighted by molar-refractivity contribution is -0.133. The molecule has 2 heterocycles. The average Bonchev–Trinajstić information content (AvgIpc) is 3.27. The number of rotatable bonds is 4. The molecule has 7 nitrogen and oxygen atoms in total. The number of allylic oxidation sites excluding steroid dienone is 1. The van der Waals surface area contributed by atoms with E-state index in [0.717, 1.165) is 11.9 Å². The monoisotopic (exact) mass is 383 g/mol. The third kappa shape index (κ3) is 3.55. The zero-order valence-corrected chi connectivity index (χ0v) is 16.3. The Morgan fingerprint density at radius 3 is 2.96 bits per heavy atom. The average molecular weight is 383 g/mol. The van der Waals surface area contributed by atoms with Crippen molar-refractivity contribution in [1.82, 2.24) is 14.5 Å². The maximum atomic E-state index is 12.8. The Morgan fingerprint density at radius 2 is 2.26 bits per heavy atom. The van der Waals surface area contributed by atoms with Gasteiger partial charge in [0.15, 0.2) is 0 Å². The predicted molar refractivity (Wildman–Crippen MR) is 106 cm³/mol. The maximum Gasteiger partial charge on any atom is 0.250 e. The highest BCUT2D eigenvalue weighted by molar-refractivity contribution is 7.99. The lowest BCUT2D eigenvalue weighted by Gasteiger charge is -2.23. The van der Waals surface area contributed by atoms with Crippen LogP contribution in [0.4, 0.5) is 5.95 Å². The van der Waals surface area contributed by atoms with Crippen LogP contribution in [0.1, 0.15) is 25.8 Å². The van der Waals surface area contributed by atoms with Crippen LogP contribution >= 0.6 is 11.8 Å². The van der Waals surface area contributed by atoms with Crippen molar-refractivity contribution in [2.45, 2.75) is 26.3 Å². The fourth-order valence-corrected chi connectivity index (χ4v) is 4.24. The number of hydrogen-bond donors (Lipinski definition) is 1. The standard InChI is InChI=1S/C19H21N5O2S/c1-4-6-12(2)18(26)24-11-27-10-15(24)17(25)22-19-21-16-13(9-20)7-5-8-14(16)23(19)3/h5-8,15H,4,10-11H2,1-3H3,(H,21,22,25). The smallest absolute Gasteiger partial charge is 0.250 e. The number of amides is 2. The summed E-state index contributed by atoms with van der Waals surface area (Å²) in [6.07, 6.45) is 2.64. The number of imidazole rings is 1. The molecule has 1 atom stereocenters. The Hall–Kier alpha value is -2.79. The number of aryl methyl sites for hydroxylation is 1. The molecule has 1 aromatic heterocycles. The van der Waals surface area contributed by atoms with Gasteiger partial charge in [0.1, 0.15) is 17.6 Å². The first kappa shape index (κ1) is 19.0. The van der Waals surface area contributed by atoms with E-state index < -0.39 is 6.04 Å².